The lowest BCUT2D eigenvalue weighted by atomic mass is 9.91. The molecule has 1 heterocycles. The summed E-state index contributed by atoms with van der Waals surface area (Å²) in [6, 6.07) is 3.09. The van der Waals surface area contributed by atoms with Crippen molar-refractivity contribution in [2.24, 2.45) is 39.9 Å². The van der Waals surface area contributed by atoms with E-state index in [4.69, 9.17) is 45.6 Å². The fourth-order valence-electron chi connectivity index (χ4n) is 9.14. The molecule has 1 aromatic carbocycles. The van der Waals surface area contributed by atoms with Crippen LogP contribution in [0, 0.1) is 17.8 Å². The van der Waals surface area contributed by atoms with E-state index in [-0.39, 0.29) is 112 Å². The molecule has 1 saturated heterocycles. The normalized spacial score (nSPS) is 19.8. The maximum atomic E-state index is 14.1. The first kappa shape index (κ1) is 88.4. The SMILES string of the molecule is NC(=O)[C@@H]1CSCC(=O)N[C@@H](CCCCNC(=O)COCC(=O)NCCOCCOCCOCCOCCOCCNC(=O)CSCCC[18F])C(=O)N[C@@H](CS)C(=O)C[C@@H](CCCN=C(N)N)C(=O)NCC(=O)C[C@@H](CC(=O)O)C(=O)N[C@@H](CS)C(=O)C[C@@H](Cc2ccccc2)C(=O)N1. The number of Topliss-reactive ketones (excluding diaryl/α,β-unsaturated/α-hetero) is 3. The van der Waals surface area contributed by atoms with Crippen LogP contribution in [-0.4, -0.2) is 265 Å². The van der Waals surface area contributed by atoms with Crippen molar-refractivity contribution in [1.29, 1.82) is 0 Å². The Balaban J connectivity index is 2.02. The van der Waals surface area contributed by atoms with E-state index in [1.807, 2.05) is 0 Å². The number of carboxylic acids is 1. The van der Waals surface area contributed by atoms with Crippen molar-refractivity contribution in [2.75, 3.05) is 153 Å². The molecule has 0 unspecified atom stereocenters. The molecule has 0 saturated carbocycles. The summed E-state index contributed by atoms with van der Waals surface area (Å²) in [7, 11) is 0. The van der Waals surface area contributed by atoms with Crippen LogP contribution in [-0.2, 0) is 97.2 Å². The lowest BCUT2D eigenvalue weighted by Gasteiger charge is -2.24. The van der Waals surface area contributed by atoms with Crippen molar-refractivity contribution in [3.05, 3.63) is 35.9 Å². The molecule has 0 aliphatic carbocycles. The second-order valence-electron chi connectivity index (χ2n) is 22.4. The summed E-state index contributed by atoms with van der Waals surface area (Å²) >= 11 is 10.8. The number of carboxylic acid groups (broad SMARTS) is 1. The molecule has 7 atom stereocenters. The van der Waals surface area contributed by atoms with E-state index in [1.165, 1.54) is 11.8 Å². The standard InChI is InChI=1S/C62H99FN12O20S4/c63-12-7-27-98-39-54(81)69-16-18-91-20-22-93-24-26-94-25-23-92-21-19-90-17-15-68-53(80)35-95-34-52(79)67-13-5-4-11-46-61(89)74-48(37-97)50(77)30-42(10-6-14-70-62(65)66)58(86)71-33-45(76)29-44(32-56(83)84)60(88)73-47(36-96)51(78)31-43(28-41-8-2-1-3-9-41)59(87)75-49(57(64)85)38-99-40-55(82)72-46/h1-3,8-9,42-44,46-49,96-97H,4-7,10-40H2,(H2,64,85)(H,67,79)(H,68,80)(H,69,81)(H,71,86)(H,72,82)(H,73,88)(H,74,89)(H,75,87)(H,83,84)(H4,65,66,70)/t42-,43-,44+,46+,47+,48+,49+/m1/s1/i63-1. The minimum atomic E-state index is -1.54. The molecule has 1 aliphatic rings. The molecule has 0 radical (unpaired) electrons. The maximum Gasteiger partial charge on any atom is 0.304 e. The number of aliphatic carboxylic acids is 1. The van der Waals surface area contributed by atoms with E-state index in [0.29, 0.717) is 77.1 Å². The van der Waals surface area contributed by atoms with Gasteiger partial charge in [-0.25, -0.2) is 0 Å². The number of ketones is 3. The number of hydrogen-bond donors (Lipinski definition) is 14. The first-order valence-electron chi connectivity index (χ1n) is 32.4. The molecule has 2 rings (SSSR count). The zero-order valence-corrected chi connectivity index (χ0v) is 59.1. The molecule has 1 aliphatic heterocycles. The van der Waals surface area contributed by atoms with Crippen LogP contribution in [0.25, 0.3) is 0 Å². The third-order valence-corrected chi connectivity index (χ3v) is 17.1. The molecule has 99 heavy (non-hydrogen) atoms. The lowest BCUT2D eigenvalue weighted by Crippen LogP contribution is -2.53. The van der Waals surface area contributed by atoms with Crippen molar-refractivity contribution in [3.8, 4) is 0 Å². The molecule has 1 fully saturated rings. The topological polar surface area (TPSA) is 484 Å². The van der Waals surface area contributed by atoms with Crippen LogP contribution in [0.1, 0.15) is 69.8 Å². The zero-order chi connectivity index (χ0) is 73.0. The van der Waals surface area contributed by atoms with Crippen molar-refractivity contribution in [1.82, 2.24) is 42.5 Å². The molecular weight excluding hydrogens is 1380 g/mol. The van der Waals surface area contributed by atoms with Gasteiger partial charge in [0.2, 0.25) is 53.2 Å². The first-order chi connectivity index (χ1) is 47.6. The van der Waals surface area contributed by atoms with Crippen LogP contribution in [0.2, 0.25) is 0 Å². The van der Waals surface area contributed by atoms with Gasteiger partial charge in [0.15, 0.2) is 23.3 Å². The number of carbonyl (C=O) groups is 13. The predicted molar refractivity (Wildman–Crippen MR) is 372 cm³/mol. The highest BCUT2D eigenvalue weighted by molar-refractivity contribution is 8.00. The molecule has 32 nitrogen and oxygen atoms in total. The predicted octanol–water partition coefficient (Wildman–Crippen LogP) is -2.66. The maximum absolute atomic E-state index is 14.1. The first-order valence-corrected chi connectivity index (χ1v) is 36.0. The number of halogens is 1. The van der Waals surface area contributed by atoms with Crippen molar-refractivity contribution >= 4 is 131 Å². The van der Waals surface area contributed by atoms with Gasteiger partial charge in [0.1, 0.15) is 25.3 Å². The van der Waals surface area contributed by atoms with Gasteiger partial charge in [0.25, 0.3) is 0 Å². The minimum absolute atomic E-state index is 0.0106. The van der Waals surface area contributed by atoms with Crippen LogP contribution in [0.5, 0.6) is 0 Å². The Kier molecular flexibility index (Phi) is 49.1. The highest BCUT2D eigenvalue weighted by atomic mass is 32.2. The van der Waals surface area contributed by atoms with E-state index in [9.17, 15) is 71.8 Å². The number of unbranched alkanes of at least 4 members (excludes halogenated alkanes) is 1. The number of aliphatic imine (C=N–C) groups is 1. The average Bonchev–Trinajstić information content (AvgIpc) is 1.02. The molecule has 37 heteroatoms. The van der Waals surface area contributed by atoms with Crippen LogP contribution in [0.4, 0.5) is 4.39 Å². The number of guanidine groups is 1. The molecule has 15 N–H and O–H groups in total. The number of alkyl halides is 1. The summed E-state index contributed by atoms with van der Waals surface area (Å²) in [5, 5.41) is 30.4. The largest absolute Gasteiger partial charge is 0.481 e. The summed E-state index contributed by atoms with van der Waals surface area (Å²) < 4.78 is 44.6. The van der Waals surface area contributed by atoms with Gasteiger partial charge in [0.05, 0.1) is 115 Å². The van der Waals surface area contributed by atoms with Gasteiger partial charge in [-0.1, -0.05) is 30.3 Å². The van der Waals surface area contributed by atoms with Crippen LogP contribution in [0.15, 0.2) is 35.3 Å². The number of carbonyl (C=O) groups excluding carboxylic acids is 12. The quantitative estimate of drug-likeness (QED) is 0.0137. The number of primary amides is 1. The van der Waals surface area contributed by atoms with Gasteiger partial charge in [-0.05, 0) is 56.3 Å². The summed E-state index contributed by atoms with van der Waals surface area (Å²) in [5.41, 5.74) is 17.3. The van der Waals surface area contributed by atoms with Crippen LogP contribution in [0.3, 0.4) is 0 Å². The lowest BCUT2D eigenvalue weighted by molar-refractivity contribution is -0.142. The molecule has 1 aromatic rings. The third kappa shape index (κ3) is 43.5. The van der Waals surface area contributed by atoms with Gasteiger partial charge in [-0.2, -0.15) is 37.0 Å². The number of benzene rings is 1. The van der Waals surface area contributed by atoms with Crippen molar-refractivity contribution in [3.63, 3.8) is 0 Å². The van der Waals surface area contributed by atoms with Gasteiger partial charge in [-0.15, -0.1) is 11.8 Å². The van der Waals surface area contributed by atoms with E-state index >= 15 is 0 Å². The summed E-state index contributed by atoms with van der Waals surface area (Å²) in [5.74, 6) is -14.4. The van der Waals surface area contributed by atoms with Gasteiger partial charge in [0, 0.05) is 74.5 Å². The van der Waals surface area contributed by atoms with Gasteiger partial charge < -0.3 is 93.3 Å². The van der Waals surface area contributed by atoms with Gasteiger partial charge in [-0.3, -0.25) is 71.7 Å². The summed E-state index contributed by atoms with van der Waals surface area (Å²) in [6.45, 7) is 1.89. The summed E-state index contributed by atoms with van der Waals surface area (Å²) in [4.78, 5) is 176. The summed E-state index contributed by atoms with van der Waals surface area (Å²) in [6.07, 6.45) is -1.62. The van der Waals surface area contributed by atoms with Gasteiger partial charge >= 0.3 is 5.97 Å². The molecule has 0 spiro atoms. The number of thioether (sulfide) groups is 2. The average molecular weight is 1480 g/mol. The minimum Gasteiger partial charge on any atom is -0.481 e. The Labute approximate surface area is 594 Å². The highest BCUT2D eigenvalue weighted by Crippen LogP contribution is 2.19. The molecule has 0 bridgehead atoms. The van der Waals surface area contributed by atoms with Crippen molar-refractivity contribution < 1.29 is 100 Å². The second kappa shape index (κ2) is 55.0. The number of nitrogens with zero attached hydrogens (tertiary/aromatic N) is 1. The fourth-order valence-corrected chi connectivity index (χ4v) is 11.3. The highest BCUT2D eigenvalue weighted by Gasteiger charge is 2.34. The Morgan fingerprint density at radius 1 is 0.606 bits per heavy atom. The van der Waals surface area contributed by atoms with E-state index < -0.39 is 165 Å². The van der Waals surface area contributed by atoms with E-state index in [0.717, 1.165) is 11.8 Å². The number of ether oxygens (including phenoxy) is 6. The fraction of sp³-hybridized carbons (Fsp3) is 0.677. The van der Waals surface area contributed by atoms with E-state index in [1.54, 1.807) is 30.3 Å². The zero-order valence-electron chi connectivity index (χ0n) is 55.6. The second-order valence-corrected chi connectivity index (χ2v) is 25.3. The number of amides is 9. The van der Waals surface area contributed by atoms with Crippen LogP contribution >= 0.6 is 48.8 Å². The third-order valence-electron chi connectivity index (χ3n) is 14.3. The molecule has 558 valence electrons. The number of nitrogens with one attached hydrogen (secondary N) is 8. The number of thiol groups is 2. The number of nitrogens with two attached hydrogens (primary N) is 3. The van der Waals surface area contributed by atoms with Crippen molar-refractivity contribution in [2.45, 2.75) is 94.8 Å². The molecule has 9 amide bonds. The number of rotatable bonds is 43. The Morgan fingerprint density at radius 3 is 1.71 bits per heavy atom. The molecular formula is C62H99FN12O20S4. The Bertz CT molecular complexity index is 2700. The smallest absolute Gasteiger partial charge is 0.304 e. The number of hydrogen-bond acceptors (Lipinski definition) is 24. The Hall–Kier alpha value is -6.71. The van der Waals surface area contributed by atoms with Crippen LogP contribution < -0.4 is 59.7 Å². The Morgan fingerprint density at radius 2 is 1.15 bits per heavy atom. The molecule has 0 aromatic heterocycles. The van der Waals surface area contributed by atoms with E-state index in [2.05, 4.69) is 72.8 Å². The monoisotopic (exact) mass is 1480 g/mol.